The zero-order valence-electron chi connectivity index (χ0n) is 18.5. The maximum Gasteiger partial charge on any atom is 0.353 e. The van der Waals surface area contributed by atoms with Crippen molar-refractivity contribution in [2.75, 3.05) is 10.6 Å². The molecule has 0 saturated carbocycles. The van der Waals surface area contributed by atoms with Crippen LogP contribution < -0.4 is 10.6 Å². The van der Waals surface area contributed by atoms with Gasteiger partial charge in [-0.05, 0) is 48.9 Å². The van der Waals surface area contributed by atoms with Crippen LogP contribution in [0.15, 0.2) is 87.5 Å². The number of amides is 3. The van der Waals surface area contributed by atoms with Gasteiger partial charge in [0, 0.05) is 21.2 Å². The molecule has 0 spiro atoms. The van der Waals surface area contributed by atoms with Crippen LogP contribution in [0.4, 0.5) is 17.1 Å². The van der Waals surface area contributed by atoms with E-state index in [-0.39, 0.29) is 24.0 Å². The highest BCUT2D eigenvalue weighted by Crippen LogP contribution is 2.40. The highest BCUT2D eigenvalue weighted by molar-refractivity contribution is 9.10. The molecular weight excluding hydrogens is 514 g/mol. The Balaban J connectivity index is 1.59. The van der Waals surface area contributed by atoms with Gasteiger partial charge in [0.05, 0.1) is 5.52 Å². The van der Waals surface area contributed by atoms with Crippen molar-refractivity contribution in [2.45, 2.75) is 13.5 Å². The molecule has 0 saturated heterocycles. The highest BCUT2D eigenvalue weighted by Gasteiger charge is 2.21. The van der Waals surface area contributed by atoms with Crippen LogP contribution in [0.3, 0.4) is 0 Å². The van der Waals surface area contributed by atoms with Crippen LogP contribution in [0.2, 0.25) is 0 Å². The first-order chi connectivity index (χ1) is 16.8. The standard InChI is InChI=1S/C25H20BrN5O4/c1-15-7-5-6-10-19(15)28-23(33)24(34)30-29-22-18-13-16(26)11-12-20(18)31(25(22)35)14-21(32)27-17-8-3-2-4-9-17/h2-13,35H,14H2,1H3,(H,27,32)(H,28,33). The van der Waals surface area contributed by atoms with Gasteiger partial charge in [-0.1, -0.05) is 52.3 Å². The van der Waals surface area contributed by atoms with E-state index in [1.54, 1.807) is 67.6 Å². The van der Waals surface area contributed by atoms with Gasteiger partial charge in [0.25, 0.3) is 0 Å². The summed E-state index contributed by atoms with van der Waals surface area (Å²) in [5, 5.41) is 23.9. The minimum Gasteiger partial charge on any atom is -0.493 e. The lowest BCUT2D eigenvalue weighted by Crippen LogP contribution is -2.21. The second kappa shape index (κ2) is 10.3. The Kier molecular flexibility index (Phi) is 7.02. The number of para-hydroxylation sites is 2. The molecule has 4 rings (SSSR count). The third-order valence-corrected chi connectivity index (χ3v) is 5.65. The molecule has 0 unspecified atom stereocenters. The van der Waals surface area contributed by atoms with Gasteiger partial charge >= 0.3 is 11.8 Å². The van der Waals surface area contributed by atoms with E-state index in [0.29, 0.717) is 26.8 Å². The molecule has 0 radical (unpaired) electrons. The normalized spacial score (nSPS) is 11.0. The lowest BCUT2D eigenvalue weighted by atomic mass is 10.2. The number of halogens is 1. The monoisotopic (exact) mass is 533 g/mol. The summed E-state index contributed by atoms with van der Waals surface area (Å²) < 4.78 is 2.04. The quantitative estimate of drug-likeness (QED) is 0.237. The van der Waals surface area contributed by atoms with E-state index in [1.807, 2.05) is 12.1 Å². The molecule has 3 N–H and O–H groups in total. The number of carbonyl (C=O) groups excluding carboxylic acids is 3. The number of benzene rings is 3. The molecule has 3 aromatic carbocycles. The van der Waals surface area contributed by atoms with Crippen LogP contribution in [0.1, 0.15) is 5.56 Å². The lowest BCUT2D eigenvalue weighted by Gasteiger charge is -2.08. The van der Waals surface area contributed by atoms with E-state index in [9.17, 15) is 19.5 Å². The Morgan fingerprint density at radius 1 is 0.971 bits per heavy atom. The Labute approximate surface area is 208 Å². The molecule has 0 fully saturated rings. The fraction of sp³-hybridized carbons (Fsp3) is 0.0800. The minimum atomic E-state index is -1.13. The van der Waals surface area contributed by atoms with Gasteiger partial charge in [-0.15, -0.1) is 10.2 Å². The number of aromatic hydroxyl groups is 1. The van der Waals surface area contributed by atoms with Gasteiger partial charge in [-0.3, -0.25) is 14.4 Å². The van der Waals surface area contributed by atoms with Crippen LogP contribution in [-0.2, 0) is 20.9 Å². The molecule has 10 heteroatoms. The summed E-state index contributed by atoms with van der Waals surface area (Å²) in [6.45, 7) is 1.58. The second-order valence-corrected chi connectivity index (χ2v) is 8.52. The maximum atomic E-state index is 12.6. The number of nitrogens with one attached hydrogen (secondary N) is 2. The summed E-state index contributed by atoms with van der Waals surface area (Å²) >= 11 is 3.37. The number of aryl methyl sites for hydroxylation is 1. The predicted molar refractivity (Wildman–Crippen MR) is 136 cm³/mol. The molecule has 35 heavy (non-hydrogen) atoms. The van der Waals surface area contributed by atoms with Crippen molar-refractivity contribution in [1.82, 2.24) is 4.57 Å². The van der Waals surface area contributed by atoms with Crippen LogP contribution in [-0.4, -0.2) is 27.4 Å². The zero-order valence-corrected chi connectivity index (χ0v) is 20.1. The fourth-order valence-electron chi connectivity index (χ4n) is 3.45. The van der Waals surface area contributed by atoms with Gasteiger partial charge < -0.3 is 20.3 Å². The van der Waals surface area contributed by atoms with E-state index in [1.165, 1.54) is 4.57 Å². The third kappa shape index (κ3) is 5.44. The van der Waals surface area contributed by atoms with Crippen molar-refractivity contribution in [3.63, 3.8) is 0 Å². The van der Waals surface area contributed by atoms with Gasteiger partial charge in [-0.2, -0.15) is 0 Å². The summed E-state index contributed by atoms with van der Waals surface area (Å²) in [5.74, 6) is -2.83. The first-order valence-electron chi connectivity index (χ1n) is 10.5. The van der Waals surface area contributed by atoms with Crippen LogP contribution in [0.25, 0.3) is 10.9 Å². The molecule has 3 amide bonds. The number of rotatable bonds is 5. The Bertz CT molecular complexity index is 1460. The van der Waals surface area contributed by atoms with Crippen molar-refractivity contribution in [2.24, 2.45) is 10.2 Å². The highest BCUT2D eigenvalue weighted by atomic mass is 79.9. The van der Waals surface area contributed by atoms with Crippen molar-refractivity contribution in [1.29, 1.82) is 0 Å². The van der Waals surface area contributed by atoms with Gasteiger partial charge in [0.15, 0.2) is 5.69 Å². The van der Waals surface area contributed by atoms with Crippen molar-refractivity contribution >= 4 is 61.6 Å². The zero-order chi connectivity index (χ0) is 24.9. The average Bonchev–Trinajstić information content (AvgIpc) is 3.09. The van der Waals surface area contributed by atoms with E-state index < -0.39 is 11.8 Å². The van der Waals surface area contributed by atoms with Crippen molar-refractivity contribution in [3.8, 4) is 5.88 Å². The van der Waals surface area contributed by atoms with Gasteiger partial charge in [0.1, 0.15) is 6.54 Å². The number of aromatic nitrogens is 1. The smallest absolute Gasteiger partial charge is 0.353 e. The molecule has 0 atom stereocenters. The average molecular weight is 534 g/mol. The Morgan fingerprint density at radius 2 is 1.69 bits per heavy atom. The first kappa shape index (κ1) is 23.8. The van der Waals surface area contributed by atoms with Gasteiger partial charge in [-0.25, -0.2) is 0 Å². The molecule has 0 aliphatic heterocycles. The Morgan fingerprint density at radius 3 is 2.43 bits per heavy atom. The number of hydrogen-bond donors (Lipinski definition) is 3. The molecule has 0 aliphatic carbocycles. The van der Waals surface area contributed by atoms with Gasteiger partial charge in [0.2, 0.25) is 11.8 Å². The fourth-order valence-corrected chi connectivity index (χ4v) is 3.81. The molecule has 1 heterocycles. The number of hydrogen-bond acceptors (Lipinski definition) is 5. The predicted octanol–water partition coefficient (Wildman–Crippen LogP) is 5.31. The molecule has 1 aromatic heterocycles. The lowest BCUT2D eigenvalue weighted by molar-refractivity contribution is -0.134. The number of anilines is 2. The Hall–Kier alpha value is -4.31. The van der Waals surface area contributed by atoms with Crippen LogP contribution in [0, 0.1) is 6.92 Å². The summed E-state index contributed by atoms with van der Waals surface area (Å²) in [5.41, 5.74) is 2.34. The molecule has 0 bridgehead atoms. The second-order valence-electron chi connectivity index (χ2n) is 7.61. The number of azo groups is 1. The number of nitrogens with zero attached hydrogens (tertiary/aromatic N) is 3. The summed E-state index contributed by atoms with van der Waals surface area (Å²) in [7, 11) is 0. The first-order valence-corrected chi connectivity index (χ1v) is 11.3. The molecule has 0 aliphatic rings. The van der Waals surface area contributed by atoms with E-state index in [2.05, 4.69) is 36.8 Å². The molecular formula is C25H20BrN5O4. The topological polar surface area (TPSA) is 125 Å². The largest absolute Gasteiger partial charge is 0.493 e. The summed E-state index contributed by atoms with van der Waals surface area (Å²) in [4.78, 5) is 37.2. The van der Waals surface area contributed by atoms with Crippen LogP contribution >= 0.6 is 15.9 Å². The van der Waals surface area contributed by atoms with E-state index in [0.717, 1.165) is 5.56 Å². The van der Waals surface area contributed by atoms with Crippen molar-refractivity contribution in [3.05, 3.63) is 82.8 Å². The number of carbonyl (C=O) groups is 3. The maximum absolute atomic E-state index is 12.6. The van der Waals surface area contributed by atoms with E-state index in [4.69, 9.17) is 0 Å². The van der Waals surface area contributed by atoms with Crippen LogP contribution in [0.5, 0.6) is 5.88 Å². The summed E-state index contributed by atoms with van der Waals surface area (Å²) in [6.07, 6.45) is 0. The SMILES string of the molecule is Cc1ccccc1NC(=O)C(=O)N=Nc1c(O)n(CC(=O)Nc2ccccc2)c2ccc(Br)cc12. The molecule has 9 nitrogen and oxygen atoms in total. The molecule has 176 valence electrons. The molecule has 4 aromatic rings. The van der Waals surface area contributed by atoms with E-state index >= 15 is 0 Å². The van der Waals surface area contributed by atoms with Crippen molar-refractivity contribution < 1.29 is 19.5 Å². The summed E-state index contributed by atoms with van der Waals surface area (Å²) in [6, 6.07) is 21.0. The minimum absolute atomic E-state index is 0.0362. The number of fused-ring (bicyclic) bond motifs is 1. The third-order valence-electron chi connectivity index (χ3n) is 5.16.